The van der Waals surface area contributed by atoms with Gasteiger partial charge >= 0.3 is 5.97 Å². The van der Waals surface area contributed by atoms with Crippen molar-refractivity contribution >= 4 is 27.8 Å². The van der Waals surface area contributed by atoms with Crippen LogP contribution in [0.15, 0.2) is 42.5 Å². The number of hydrogen-bond acceptors (Lipinski definition) is 3. The van der Waals surface area contributed by atoms with Crippen LogP contribution in [0.5, 0.6) is 5.75 Å². The van der Waals surface area contributed by atoms with E-state index >= 15 is 0 Å². The van der Waals surface area contributed by atoms with Crippen LogP contribution in [0.4, 0.5) is 0 Å². The quantitative estimate of drug-likeness (QED) is 0.659. The molecule has 0 aliphatic heterocycles. The van der Waals surface area contributed by atoms with E-state index in [0.29, 0.717) is 21.8 Å². The van der Waals surface area contributed by atoms with Gasteiger partial charge in [-0.1, -0.05) is 30.3 Å². The Morgan fingerprint density at radius 3 is 2.56 bits per heavy atom. The Morgan fingerprint density at radius 1 is 1.06 bits per heavy atom. The van der Waals surface area contributed by atoms with Gasteiger partial charge in [-0.25, -0.2) is 9.78 Å². The molecule has 4 heteroatoms. The summed E-state index contributed by atoms with van der Waals surface area (Å²) in [5, 5.41) is 21.7. The van der Waals surface area contributed by atoms with E-state index in [-0.39, 0.29) is 11.3 Å². The predicted molar refractivity (Wildman–Crippen MR) is 65.7 cm³/mol. The van der Waals surface area contributed by atoms with Crippen LogP contribution in [0, 0.1) is 0 Å². The summed E-state index contributed by atoms with van der Waals surface area (Å²) in [4.78, 5) is 15.7. The van der Waals surface area contributed by atoms with Crippen molar-refractivity contribution in [1.82, 2.24) is 4.98 Å². The second-order valence-electron chi connectivity index (χ2n) is 3.99. The minimum absolute atomic E-state index is 0.179. The number of carboxylic acid groups (broad SMARTS) is 1. The van der Waals surface area contributed by atoms with E-state index in [2.05, 4.69) is 4.98 Å². The number of aromatic nitrogens is 1. The highest BCUT2D eigenvalue weighted by Gasteiger charge is 2.14. The van der Waals surface area contributed by atoms with Gasteiger partial charge in [-0.2, -0.15) is 0 Å². The van der Waals surface area contributed by atoms with E-state index in [0.717, 1.165) is 0 Å². The highest BCUT2D eigenvalue weighted by Crippen LogP contribution is 2.27. The zero-order valence-corrected chi connectivity index (χ0v) is 9.25. The highest BCUT2D eigenvalue weighted by molar-refractivity contribution is 6.13. The lowest BCUT2D eigenvalue weighted by molar-refractivity contribution is -0.268. The van der Waals surface area contributed by atoms with Crippen molar-refractivity contribution in [2.45, 2.75) is 0 Å². The Kier molecular flexibility index (Phi) is 2.16. The monoisotopic (exact) mass is 238 g/mol. The van der Waals surface area contributed by atoms with Crippen molar-refractivity contribution in [3.63, 3.8) is 0 Å². The van der Waals surface area contributed by atoms with Gasteiger partial charge in [-0.05, 0) is 12.1 Å². The van der Waals surface area contributed by atoms with Crippen LogP contribution >= 0.6 is 0 Å². The molecule has 88 valence electrons. The molecule has 1 N–H and O–H groups in total. The zero-order chi connectivity index (χ0) is 12.7. The fourth-order valence-electron chi connectivity index (χ4n) is 2.10. The van der Waals surface area contributed by atoms with Gasteiger partial charge in [0.15, 0.2) is 0 Å². The standard InChI is InChI=1S/C14H9NO3/c16-8-5-6-10-12(7-8)15-11-4-2-1-3-9(11)13(10)14(17)18/h1-7,16H,(H,17,18)/p-1. The average Bonchev–Trinajstić information content (AvgIpc) is 2.35. The smallest absolute Gasteiger partial charge is 0.337 e. The van der Waals surface area contributed by atoms with Gasteiger partial charge in [0.05, 0.1) is 16.6 Å². The maximum Gasteiger partial charge on any atom is 0.337 e. The Hall–Kier alpha value is -2.62. The van der Waals surface area contributed by atoms with Gasteiger partial charge in [0, 0.05) is 10.8 Å². The SMILES string of the molecule is O=C(O)c1c2ccccc2nc2cc([O-])ccc12. The lowest BCUT2D eigenvalue weighted by Gasteiger charge is -2.10. The van der Waals surface area contributed by atoms with E-state index < -0.39 is 5.97 Å². The molecule has 0 aliphatic carbocycles. The summed E-state index contributed by atoms with van der Waals surface area (Å²) in [6, 6.07) is 11.2. The molecule has 2 aromatic carbocycles. The average molecular weight is 238 g/mol. The Balaban J connectivity index is 2.58. The summed E-state index contributed by atoms with van der Waals surface area (Å²) < 4.78 is 0. The van der Waals surface area contributed by atoms with Crippen LogP contribution in [0.1, 0.15) is 10.4 Å². The first kappa shape index (κ1) is 10.5. The number of carbonyl (C=O) groups is 1. The minimum Gasteiger partial charge on any atom is -0.872 e. The normalized spacial score (nSPS) is 10.9. The van der Waals surface area contributed by atoms with E-state index in [4.69, 9.17) is 0 Å². The van der Waals surface area contributed by atoms with Gasteiger partial charge in [0.1, 0.15) is 0 Å². The number of hydrogen-bond donors (Lipinski definition) is 1. The third-order valence-electron chi connectivity index (χ3n) is 2.87. The van der Waals surface area contributed by atoms with Crippen LogP contribution in [-0.2, 0) is 0 Å². The molecule has 0 aliphatic rings. The lowest BCUT2D eigenvalue weighted by atomic mass is 10.0. The largest absolute Gasteiger partial charge is 0.872 e. The molecule has 0 spiro atoms. The molecule has 0 atom stereocenters. The van der Waals surface area contributed by atoms with Gasteiger partial charge in [0.2, 0.25) is 0 Å². The summed E-state index contributed by atoms with van der Waals surface area (Å²) in [6.07, 6.45) is 0. The Labute approximate surface area is 102 Å². The molecule has 3 rings (SSSR count). The number of pyridine rings is 1. The summed E-state index contributed by atoms with van der Waals surface area (Å²) >= 11 is 0. The first-order valence-corrected chi connectivity index (χ1v) is 5.39. The fraction of sp³-hybridized carbons (Fsp3) is 0. The topological polar surface area (TPSA) is 73.2 Å². The second kappa shape index (κ2) is 3.70. The van der Waals surface area contributed by atoms with Crippen LogP contribution in [0.2, 0.25) is 0 Å². The summed E-state index contributed by atoms with van der Waals surface area (Å²) in [5.74, 6) is -1.20. The maximum atomic E-state index is 11.4. The third kappa shape index (κ3) is 1.47. The molecule has 0 amide bonds. The molecule has 1 aromatic heterocycles. The van der Waals surface area contributed by atoms with Crippen molar-refractivity contribution in [2.75, 3.05) is 0 Å². The number of para-hydroxylation sites is 1. The van der Waals surface area contributed by atoms with Crippen LogP contribution in [0.25, 0.3) is 21.8 Å². The second-order valence-corrected chi connectivity index (χ2v) is 3.99. The number of carboxylic acids is 1. The van der Waals surface area contributed by atoms with E-state index in [1.807, 2.05) is 0 Å². The molecule has 3 aromatic rings. The molecular formula is C14H8NO3-. The number of fused-ring (bicyclic) bond motifs is 2. The molecule has 0 saturated heterocycles. The molecule has 18 heavy (non-hydrogen) atoms. The number of rotatable bonds is 1. The van der Waals surface area contributed by atoms with E-state index in [1.165, 1.54) is 18.2 Å². The van der Waals surface area contributed by atoms with Gasteiger partial charge in [-0.3, -0.25) is 0 Å². The van der Waals surface area contributed by atoms with Gasteiger partial charge < -0.3 is 10.2 Å². The molecule has 0 unspecified atom stereocenters. The predicted octanol–water partition coefficient (Wildman–Crippen LogP) is 2.16. The number of aromatic carboxylic acids is 1. The lowest BCUT2D eigenvalue weighted by Crippen LogP contribution is -2.01. The van der Waals surface area contributed by atoms with E-state index in [9.17, 15) is 15.0 Å². The summed E-state index contributed by atoms with van der Waals surface area (Å²) in [7, 11) is 0. The molecule has 0 saturated carbocycles. The molecular weight excluding hydrogens is 230 g/mol. The van der Waals surface area contributed by atoms with Crippen LogP contribution in [0.3, 0.4) is 0 Å². The van der Waals surface area contributed by atoms with Crippen molar-refractivity contribution in [3.05, 3.63) is 48.0 Å². The van der Waals surface area contributed by atoms with Crippen molar-refractivity contribution in [2.24, 2.45) is 0 Å². The van der Waals surface area contributed by atoms with Crippen LogP contribution < -0.4 is 5.11 Å². The highest BCUT2D eigenvalue weighted by atomic mass is 16.4. The van der Waals surface area contributed by atoms with Gasteiger partial charge in [-0.15, -0.1) is 5.75 Å². The third-order valence-corrected chi connectivity index (χ3v) is 2.87. The minimum atomic E-state index is -1.02. The summed E-state index contributed by atoms with van der Waals surface area (Å²) in [5.41, 5.74) is 1.18. The Morgan fingerprint density at radius 2 is 1.78 bits per heavy atom. The maximum absolute atomic E-state index is 11.4. The Bertz CT molecular complexity index is 780. The molecule has 0 radical (unpaired) electrons. The molecule has 1 heterocycles. The molecule has 0 bridgehead atoms. The fourth-order valence-corrected chi connectivity index (χ4v) is 2.10. The molecule has 4 nitrogen and oxygen atoms in total. The first-order chi connectivity index (χ1) is 8.66. The summed E-state index contributed by atoms with van der Waals surface area (Å²) in [6.45, 7) is 0. The number of nitrogens with zero attached hydrogens (tertiary/aromatic N) is 1. The van der Waals surface area contributed by atoms with Crippen LogP contribution in [-0.4, -0.2) is 16.1 Å². The molecule has 0 fully saturated rings. The zero-order valence-electron chi connectivity index (χ0n) is 9.25. The number of benzene rings is 2. The van der Waals surface area contributed by atoms with E-state index in [1.54, 1.807) is 24.3 Å². The first-order valence-electron chi connectivity index (χ1n) is 5.39. The van der Waals surface area contributed by atoms with Crippen molar-refractivity contribution < 1.29 is 15.0 Å². The van der Waals surface area contributed by atoms with Crippen molar-refractivity contribution in [1.29, 1.82) is 0 Å². The van der Waals surface area contributed by atoms with Crippen molar-refractivity contribution in [3.8, 4) is 5.75 Å². The van der Waals surface area contributed by atoms with Gasteiger partial charge in [0.25, 0.3) is 0 Å².